The fraction of sp³-hybridized carbons (Fsp3) is 0.400. The second kappa shape index (κ2) is 6.85. The fourth-order valence-electron chi connectivity index (χ4n) is 1.05. The lowest BCUT2D eigenvalue weighted by molar-refractivity contribution is -0.139. The minimum Gasteiger partial charge on any atom is -0.468 e. The van der Waals surface area contributed by atoms with E-state index < -0.39 is 0 Å². The summed E-state index contributed by atoms with van der Waals surface area (Å²) in [5.74, 6) is -0.398. The van der Waals surface area contributed by atoms with E-state index in [4.69, 9.17) is 0 Å². The first-order valence-corrected chi connectivity index (χ1v) is 6.77. The molecule has 0 aromatic carbocycles. The maximum Gasteiger partial charge on any atom is 0.320 e. The van der Waals surface area contributed by atoms with Crippen molar-refractivity contribution >= 4 is 45.8 Å². The van der Waals surface area contributed by atoms with E-state index in [1.165, 1.54) is 7.11 Å². The van der Waals surface area contributed by atoms with Crippen molar-refractivity contribution < 1.29 is 14.3 Å². The summed E-state index contributed by atoms with van der Waals surface area (Å²) in [5.41, 5.74) is 0. The van der Waals surface area contributed by atoms with Crippen LogP contribution in [0.25, 0.3) is 0 Å². The molecule has 0 spiro atoms. The Bertz CT molecular complexity index is 353. The molecule has 0 saturated carbocycles. The molecule has 1 heterocycles. The van der Waals surface area contributed by atoms with E-state index in [1.54, 1.807) is 11.3 Å². The van der Waals surface area contributed by atoms with Crippen LogP contribution >= 0.6 is 33.9 Å². The van der Waals surface area contributed by atoms with Crippen LogP contribution < -0.4 is 5.32 Å². The zero-order valence-corrected chi connectivity index (χ0v) is 11.7. The van der Waals surface area contributed by atoms with Gasteiger partial charge in [0.25, 0.3) is 0 Å². The van der Waals surface area contributed by atoms with Crippen LogP contribution in [0.4, 0.5) is 0 Å². The van der Waals surface area contributed by atoms with Crippen LogP contribution in [0, 0.1) is 0 Å². The molecule has 6 heteroatoms. The van der Waals surface area contributed by atoms with Crippen LogP contribution in [0.15, 0.2) is 17.5 Å². The summed E-state index contributed by atoms with van der Waals surface area (Å²) in [7, 11) is 1.33. The normalized spacial score (nSPS) is 11.9. The predicted molar refractivity (Wildman–Crippen MR) is 70.9 cm³/mol. The molecule has 1 N–H and O–H groups in total. The second-order valence-electron chi connectivity index (χ2n) is 3.05. The van der Waals surface area contributed by atoms with Crippen LogP contribution in [-0.4, -0.2) is 29.5 Å². The van der Waals surface area contributed by atoms with Gasteiger partial charge in [0.1, 0.15) is 3.92 Å². The number of carbonyl (C=O) groups excluding carboxylic acids is 2. The Morgan fingerprint density at radius 3 is 2.94 bits per heavy atom. The summed E-state index contributed by atoms with van der Waals surface area (Å²) >= 11 is 3.49. The van der Waals surface area contributed by atoms with Gasteiger partial charge in [-0.3, -0.25) is 9.59 Å². The van der Waals surface area contributed by atoms with E-state index in [0.717, 1.165) is 4.88 Å². The standard InChI is InChI=1S/C10H12INO3S/c1-15-10(14)8(11)6-12-9(13)5-7-3-2-4-16-7/h2-4,8H,5-6H2,1H3,(H,12,13). The molecular formula is C10H12INO3S. The van der Waals surface area contributed by atoms with Crippen LogP contribution in [0.2, 0.25) is 0 Å². The number of nitrogens with one attached hydrogen (secondary N) is 1. The molecule has 0 bridgehead atoms. The summed E-state index contributed by atoms with van der Waals surface area (Å²) in [6.07, 6.45) is 0.363. The van der Waals surface area contributed by atoms with Gasteiger partial charge in [0, 0.05) is 11.4 Å². The minimum atomic E-state index is -0.338. The Morgan fingerprint density at radius 1 is 1.62 bits per heavy atom. The number of ether oxygens (including phenoxy) is 1. The number of esters is 1. The van der Waals surface area contributed by atoms with E-state index in [-0.39, 0.29) is 15.8 Å². The lowest BCUT2D eigenvalue weighted by Crippen LogP contribution is -2.34. The van der Waals surface area contributed by atoms with E-state index in [0.29, 0.717) is 13.0 Å². The van der Waals surface area contributed by atoms with Crippen molar-refractivity contribution in [2.24, 2.45) is 0 Å². The minimum absolute atomic E-state index is 0.0759. The smallest absolute Gasteiger partial charge is 0.320 e. The molecule has 1 unspecified atom stereocenters. The maximum atomic E-state index is 11.5. The van der Waals surface area contributed by atoms with E-state index in [9.17, 15) is 9.59 Å². The van der Waals surface area contributed by atoms with Gasteiger partial charge in [0.2, 0.25) is 5.91 Å². The van der Waals surface area contributed by atoms with E-state index in [2.05, 4.69) is 10.1 Å². The number of hydrogen-bond donors (Lipinski definition) is 1. The average molecular weight is 353 g/mol. The number of hydrogen-bond acceptors (Lipinski definition) is 4. The maximum absolute atomic E-state index is 11.5. The first-order valence-electron chi connectivity index (χ1n) is 4.64. The molecule has 1 aromatic heterocycles. The van der Waals surface area contributed by atoms with Gasteiger partial charge in [-0.25, -0.2) is 0 Å². The molecule has 0 aliphatic heterocycles. The number of methoxy groups -OCH3 is 1. The third kappa shape index (κ3) is 4.48. The second-order valence-corrected chi connectivity index (χ2v) is 5.59. The largest absolute Gasteiger partial charge is 0.468 e. The number of alkyl halides is 1. The SMILES string of the molecule is COC(=O)C(I)CNC(=O)Cc1cccs1. The third-order valence-corrected chi connectivity index (χ3v) is 3.68. The highest BCUT2D eigenvalue weighted by molar-refractivity contribution is 14.1. The van der Waals surface area contributed by atoms with Crippen molar-refractivity contribution in [3.8, 4) is 0 Å². The first-order chi connectivity index (χ1) is 7.63. The van der Waals surface area contributed by atoms with Crippen molar-refractivity contribution in [3.63, 3.8) is 0 Å². The van der Waals surface area contributed by atoms with Crippen LogP contribution in [0.3, 0.4) is 0 Å². The topological polar surface area (TPSA) is 55.4 Å². The zero-order chi connectivity index (χ0) is 12.0. The van der Waals surface area contributed by atoms with Gasteiger partial charge in [0.15, 0.2) is 0 Å². The predicted octanol–water partition coefficient (Wildman–Crippen LogP) is 1.38. The number of amides is 1. The molecule has 16 heavy (non-hydrogen) atoms. The Labute approximate surface area is 112 Å². The summed E-state index contributed by atoms with van der Waals surface area (Å²) in [6.45, 7) is 0.303. The molecule has 1 aromatic rings. The van der Waals surface area contributed by atoms with Crippen LogP contribution in [-0.2, 0) is 20.7 Å². The van der Waals surface area contributed by atoms with Crippen molar-refractivity contribution in [2.75, 3.05) is 13.7 Å². The molecule has 88 valence electrons. The molecule has 0 aliphatic carbocycles. The molecule has 0 aliphatic rings. The van der Waals surface area contributed by atoms with Gasteiger partial charge < -0.3 is 10.1 Å². The molecule has 0 radical (unpaired) electrons. The Balaban J connectivity index is 2.28. The molecule has 4 nitrogen and oxygen atoms in total. The Kier molecular flexibility index (Phi) is 5.75. The number of halogens is 1. The first kappa shape index (κ1) is 13.4. The van der Waals surface area contributed by atoms with E-state index >= 15 is 0 Å². The summed E-state index contributed by atoms with van der Waals surface area (Å²) in [5, 5.41) is 4.62. The van der Waals surface area contributed by atoms with Gasteiger partial charge in [0.05, 0.1) is 13.5 Å². The molecular weight excluding hydrogens is 341 g/mol. The summed E-state index contributed by atoms with van der Waals surface area (Å²) in [6, 6.07) is 3.81. The number of carbonyl (C=O) groups is 2. The van der Waals surface area contributed by atoms with Gasteiger partial charge in [-0.1, -0.05) is 28.7 Å². The highest BCUT2D eigenvalue weighted by Crippen LogP contribution is 2.09. The van der Waals surface area contributed by atoms with Crippen LogP contribution in [0.5, 0.6) is 0 Å². The molecule has 1 amide bonds. The summed E-state index contributed by atoms with van der Waals surface area (Å²) < 4.78 is 4.22. The Hall–Kier alpha value is -0.630. The zero-order valence-electron chi connectivity index (χ0n) is 8.73. The molecule has 1 atom stereocenters. The van der Waals surface area contributed by atoms with Gasteiger partial charge in [-0.05, 0) is 11.4 Å². The van der Waals surface area contributed by atoms with Gasteiger partial charge >= 0.3 is 5.97 Å². The van der Waals surface area contributed by atoms with Crippen molar-refractivity contribution in [1.29, 1.82) is 0 Å². The summed E-state index contributed by atoms with van der Waals surface area (Å²) in [4.78, 5) is 23.5. The lowest BCUT2D eigenvalue weighted by Gasteiger charge is -2.08. The number of thiophene rings is 1. The lowest BCUT2D eigenvalue weighted by atomic mass is 10.3. The molecule has 1 rings (SSSR count). The van der Waals surface area contributed by atoms with Crippen molar-refractivity contribution in [2.45, 2.75) is 10.3 Å². The van der Waals surface area contributed by atoms with E-state index in [1.807, 2.05) is 40.1 Å². The highest BCUT2D eigenvalue weighted by Gasteiger charge is 2.15. The fourth-order valence-corrected chi connectivity index (χ4v) is 2.23. The number of rotatable bonds is 5. The Morgan fingerprint density at radius 2 is 2.38 bits per heavy atom. The highest BCUT2D eigenvalue weighted by atomic mass is 127. The third-order valence-electron chi connectivity index (χ3n) is 1.85. The monoisotopic (exact) mass is 353 g/mol. The van der Waals surface area contributed by atoms with Crippen molar-refractivity contribution in [1.82, 2.24) is 5.32 Å². The van der Waals surface area contributed by atoms with Gasteiger partial charge in [-0.15, -0.1) is 11.3 Å². The van der Waals surface area contributed by atoms with Crippen LogP contribution in [0.1, 0.15) is 4.88 Å². The quantitative estimate of drug-likeness (QED) is 0.495. The molecule has 0 fully saturated rings. The van der Waals surface area contributed by atoms with Gasteiger partial charge in [-0.2, -0.15) is 0 Å². The molecule has 0 saturated heterocycles. The van der Waals surface area contributed by atoms with Crippen molar-refractivity contribution in [3.05, 3.63) is 22.4 Å². The average Bonchev–Trinajstić information content (AvgIpc) is 2.77.